The van der Waals surface area contributed by atoms with Crippen LogP contribution in [0.2, 0.25) is 0 Å². The van der Waals surface area contributed by atoms with Gasteiger partial charge >= 0.3 is 0 Å². The molecule has 1 aromatic carbocycles. The van der Waals surface area contributed by atoms with Crippen molar-refractivity contribution >= 4 is 11.0 Å². The minimum Gasteiger partial charge on any atom is -0.396 e. The number of aliphatic hydroxyl groups excluding tert-OH is 1. The number of aliphatic hydroxyl groups is 1. The summed E-state index contributed by atoms with van der Waals surface area (Å²) in [5.74, 6) is 0.956. The topological polar surface area (TPSA) is 52.1 Å². The Morgan fingerprint density at radius 2 is 2.21 bits per heavy atom. The number of aromatic amines is 1. The quantitative estimate of drug-likeness (QED) is 0.864. The summed E-state index contributed by atoms with van der Waals surface area (Å²) in [5, 5.41) is 9.38. The molecule has 1 heterocycles. The van der Waals surface area contributed by atoms with Crippen LogP contribution in [0.5, 0.6) is 0 Å². The molecule has 1 aliphatic carbocycles. The largest absolute Gasteiger partial charge is 0.396 e. The van der Waals surface area contributed by atoms with Crippen molar-refractivity contribution < 1.29 is 5.11 Å². The molecule has 2 aromatic rings. The fourth-order valence-electron chi connectivity index (χ4n) is 2.77. The molecule has 4 nitrogen and oxygen atoms in total. The normalized spacial score (nSPS) is 17.3. The summed E-state index contributed by atoms with van der Waals surface area (Å²) in [5.41, 5.74) is 3.60. The van der Waals surface area contributed by atoms with Gasteiger partial charge in [-0.1, -0.05) is 6.07 Å². The summed E-state index contributed by atoms with van der Waals surface area (Å²) >= 11 is 0. The molecule has 2 N–H and O–H groups in total. The Balaban J connectivity index is 1.70. The highest BCUT2D eigenvalue weighted by molar-refractivity contribution is 5.75. The lowest BCUT2D eigenvalue weighted by Gasteiger charge is -2.22. The van der Waals surface area contributed by atoms with Crippen molar-refractivity contribution in [2.24, 2.45) is 5.41 Å². The number of hydrogen-bond donors (Lipinski definition) is 2. The zero-order chi connectivity index (χ0) is 13.5. The highest BCUT2D eigenvalue weighted by Gasteiger charge is 2.42. The van der Waals surface area contributed by atoms with E-state index in [0.717, 1.165) is 42.8 Å². The van der Waals surface area contributed by atoms with Gasteiger partial charge in [0.25, 0.3) is 0 Å². The molecule has 0 bridgehead atoms. The average molecular weight is 259 g/mol. The van der Waals surface area contributed by atoms with Crippen LogP contribution in [0.1, 0.15) is 24.2 Å². The number of imidazole rings is 1. The van der Waals surface area contributed by atoms with Crippen molar-refractivity contribution in [2.45, 2.75) is 26.3 Å². The van der Waals surface area contributed by atoms with Gasteiger partial charge in [0.15, 0.2) is 0 Å². The molecule has 4 heteroatoms. The van der Waals surface area contributed by atoms with Gasteiger partial charge in [-0.2, -0.15) is 0 Å². The SMILES string of the molecule is Cc1nc2ccc(CN(C)CC3(CO)CC3)cc2[nH]1. The van der Waals surface area contributed by atoms with E-state index in [1.807, 2.05) is 6.92 Å². The first-order valence-electron chi connectivity index (χ1n) is 6.85. The fourth-order valence-corrected chi connectivity index (χ4v) is 2.77. The summed E-state index contributed by atoms with van der Waals surface area (Å²) in [6.45, 7) is 4.18. The van der Waals surface area contributed by atoms with Crippen molar-refractivity contribution in [3.8, 4) is 0 Å². The number of hydrogen-bond acceptors (Lipinski definition) is 3. The predicted octanol–water partition coefficient (Wildman–Crippen LogP) is 2.08. The van der Waals surface area contributed by atoms with Gasteiger partial charge in [0.2, 0.25) is 0 Å². The second-order valence-electron chi connectivity index (χ2n) is 6.00. The van der Waals surface area contributed by atoms with Gasteiger partial charge < -0.3 is 15.0 Å². The van der Waals surface area contributed by atoms with Crippen LogP contribution in [0.4, 0.5) is 0 Å². The molecule has 1 aromatic heterocycles. The lowest BCUT2D eigenvalue weighted by Crippen LogP contribution is -2.28. The Bertz CT molecular complexity index is 586. The lowest BCUT2D eigenvalue weighted by atomic mass is 10.1. The minimum atomic E-state index is 0.184. The van der Waals surface area contributed by atoms with Gasteiger partial charge in [0.05, 0.1) is 11.0 Å². The van der Waals surface area contributed by atoms with Gasteiger partial charge in [-0.05, 0) is 44.5 Å². The molecule has 1 fully saturated rings. The van der Waals surface area contributed by atoms with Crippen LogP contribution < -0.4 is 0 Å². The Hall–Kier alpha value is -1.39. The zero-order valence-electron chi connectivity index (χ0n) is 11.6. The molecule has 1 aliphatic rings. The second-order valence-corrected chi connectivity index (χ2v) is 6.00. The molecule has 0 radical (unpaired) electrons. The zero-order valence-corrected chi connectivity index (χ0v) is 11.6. The van der Waals surface area contributed by atoms with E-state index < -0.39 is 0 Å². The van der Waals surface area contributed by atoms with Gasteiger partial charge in [0, 0.05) is 25.1 Å². The van der Waals surface area contributed by atoms with Crippen molar-refractivity contribution in [3.63, 3.8) is 0 Å². The van der Waals surface area contributed by atoms with Crippen molar-refractivity contribution in [2.75, 3.05) is 20.2 Å². The lowest BCUT2D eigenvalue weighted by molar-refractivity contribution is 0.161. The molecule has 102 valence electrons. The van der Waals surface area contributed by atoms with Crippen LogP contribution in [0.3, 0.4) is 0 Å². The van der Waals surface area contributed by atoms with Crippen LogP contribution in [0.15, 0.2) is 18.2 Å². The molecular weight excluding hydrogens is 238 g/mol. The van der Waals surface area contributed by atoms with E-state index in [0.29, 0.717) is 6.61 Å². The fraction of sp³-hybridized carbons (Fsp3) is 0.533. The Morgan fingerprint density at radius 3 is 2.89 bits per heavy atom. The number of aryl methyl sites for hydroxylation is 1. The third-order valence-corrected chi connectivity index (χ3v) is 4.02. The van der Waals surface area contributed by atoms with Crippen LogP contribution in [0, 0.1) is 12.3 Å². The summed E-state index contributed by atoms with van der Waals surface area (Å²) in [6.07, 6.45) is 2.32. The van der Waals surface area contributed by atoms with Crippen LogP contribution in [0.25, 0.3) is 11.0 Å². The van der Waals surface area contributed by atoms with E-state index in [9.17, 15) is 5.11 Å². The second kappa shape index (κ2) is 4.62. The number of H-pyrrole nitrogens is 1. The van der Waals surface area contributed by atoms with Crippen molar-refractivity contribution in [1.29, 1.82) is 0 Å². The first kappa shape index (κ1) is 12.6. The summed E-state index contributed by atoms with van der Waals surface area (Å²) in [4.78, 5) is 9.99. The van der Waals surface area contributed by atoms with Crippen LogP contribution in [-0.2, 0) is 6.54 Å². The third kappa shape index (κ3) is 2.65. The van der Waals surface area contributed by atoms with E-state index in [-0.39, 0.29) is 5.41 Å². The van der Waals surface area contributed by atoms with Gasteiger partial charge in [-0.25, -0.2) is 4.98 Å². The molecule has 0 spiro atoms. The van der Waals surface area contributed by atoms with Crippen LogP contribution >= 0.6 is 0 Å². The highest BCUT2D eigenvalue weighted by atomic mass is 16.3. The monoisotopic (exact) mass is 259 g/mol. The Morgan fingerprint density at radius 1 is 1.42 bits per heavy atom. The first-order chi connectivity index (χ1) is 9.10. The van der Waals surface area contributed by atoms with E-state index in [1.54, 1.807) is 0 Å². The Kier molecular flexibility index (Phi) is 3.07. The summed E-state index contributed by atoms with van der Waals surface area (Å²) < 4.78 is 0. The van der Waals surface area contributed by atoms with Gasteiger partial charge in [-0.15, -0.1) is 0 Å². The summed E-state index contributed by atoms with van der Waals surface area (Å²) in [6, 6.07) is 6.38. The number of rotatable bonds is 5. The first-order valence-corrected chi connectivity index (χ1v) is 6.85. The van der Waals surface area contributed by atoms with E-state index in [1.165, 1.54) is 5.56 Å². The molecule has 0 atom stereocenters. The van der Waals surface area contributed by atoms with Crippen LogP contribution in [-0.4, -0.2) is 40.2 Å². The molecule has 1 saturated carbocycles. The smallest absolute Gasteiger partial charge is 0.104 e. The maximum atomic E-state index is 9.38. The average Bonchev–Trinajstić information content (AvgIpc) is 3.03. The van der Waals surface area contributed by atoms with Gasteiger partial charge in [0.1, 0.15) is 5.82 Å². The molecule has 19 heavy (non-hydrogen) atoms. The summed E-state index contributed by atoms with van der Waals surface area (Å²) in [7, 11) is 2.12. The molecule has 0 amide bonds. The van der Waals surface area contributed by atoms with Crippen molar-refractivity contribution in [3.05, 3.63) is 29.6 Å². The van der Waals surface area contributed by atoms with E-state index in [4.69, 9.17) is 0 Å². The molecule has 0 aliphatic heterocycles. The number of benzene rings is 1. The van der Waals surface area contributed by atoms with Crippen molar-refractivity contribution in [1.82, 2.24) is 14.9 Å². The van der Waals surface area contributed by atoms with Gasteiger partial charge in [-0.3, -0.25) is 0 Å². The minimum absolute atomic E-state index is 0.184. The van der Waals surface area contributed by atoms with E-state index in [2.05, 4.69) is 40.1 Å². The maximum Gasteiger partial charge on any atom is 0.104 e. The third-order valence-electron chi connectivity index (χ3n) is 4.02. The number of nitrogens with one attached hydrogen (secondary N) is 1. The number of nitrogens with zero attached hydrogens (tertiary/aromatic N) is 2. The van der Waals surface area contributed by atoms with E-state index >= 15 is 0 Å². The molecule has 3 rings (SSSR count). The Labute approximate surface area is 113 Å². The maximum absolute atomic E-state index is 9.38. The molecule has 0 saturated heterocycles. The predicted molar refractivity (Wildman–Crippen MR) is 75.9 cm³/mol. The molecule has 0 unspecified atom stereocenters. The number of fused-ring (bicyclic) bond motifs is 1. The number of aromatic nitrogens is 2. The standard InChI is InChI=1S/C15H21N3O/c1-11-16-13-4-3-12(7-14(13)17-11)8-18(2)9-15(10-19)5-6-15/h3-4,7,19H,5-6,8-10H2,1-2H3,(H,16,17). The molecular formula is C15H21N3O. The highest BCUT2D eigenvalue weighted by Crippen LogP contribution is 2.45.